The van der Waals surface area contributed by atoms with Crippen LogP contribution in [0, 0.1) is 17.9 Å². The second-order valence-electron chi connectivity index (χ2n) is 6.96. The van der Waals surface area contributed by atoms with Crippen LogP contribution in [0.4, 0.5) is 5.69 Å². The van der Waals surface area contributed by atoms with Gasteiger partial charge >= 0.3 is 0 Å². The fourth-order valence-electron chi connectivity index (χ4n) is 3.34. The summed E-state index contributed by atoms with van der Waals surface area (Å²) in [5.41, 5.74) is -1.91. The molecule has 0 saturated carbocycles. The maximum atomic E-state index is 13.1. The molecule has 1 aliphatic rings. The molecule has 0 radical (unpaired) electrons. The molecule has 1 saturated heterocycles. The largest absolute Gasteiger partial charge is 0.393 e. The molecule has 0 amide bonds. The highest BCUT2D eigenvalue weighted by Gasteiger charge is 2.55. The molecule has 1 aliphatic heterocycles. The molecule has 2 aromatic rings. The molecule has 12 heteroatoms. The fourth-order valence-corrected chi connectivity index (χ4v) is 7.42. The van der Waals surface area contributed by atoms with Gasteiger partial charge in [0.15, 0.2) is 15.5 Å². The Labute approximate surface area is 184 Å². The summed E-state index contributed by atoms with van der Waals surface area (Å²) in [6.45, 7) is 4.66. The standard InChI is InChI=1S/C19H16ClN3O6S2/c1-22-14-3-5-15(6-4-14)30(26,27)18-10-23(11-19(18,25)12-24)31(28,29)17-7-2-13(9-21)8-16(17)20/h2-8,18,24-25H,10-12H2/t18-,19+/m0/s1. The number of β-amino-alcohol motifs (C(OH)–C–C–N with tert-alkyl or cyclic N) is 1. The molecule has 0 bridgehead atoms. The monoisotopic (exact) mass is 481 g/mol. The molecule has 162 valence electrons. The zero-order valence-corrected chi connectivity index (χ0v) is 18.2. The van der Waals surface area contributed by atoms with Crippen LogP contribution in [-0.4, -0.2) is 61.9 Å². The van der Waals surface area contributed by atoms with Crippen LogP contribution in [0.2, 0.25) is 5.02 Å². The number of rotatable bonds is 5. The zero-order chi connectivity index (χ0) is 23.0. The lowest BCUT2D eigenvalue weighted by Gasteiger charge is -2.26. The van der Waals surface area contributed by atoms with Crippen molar-refractivity contribution in [1.82, 2.24) is 4.31 Å². The van der Waals surface area contributed by atoms with Crippen LogP contribution in [-0.2, 0) is 19.9 Å². The van der Waals surface area contributed by atoms with Crippen molar-refractivity contribution in [2.75, 3.05) is 19.7 Å². The predicted octanol–water partition coefficient (Wildman–Crippen LogP) is 1.33. The minimum absolute atomic E-state index is 0.139. The van der Waals surface area contributed by atoms with Gasteiger partial charge in [-0.2, -0.15) is 9.57 Å². The first-order valence-electron chi connectivity index (χ1n) is 8.74. The van der Waals surface area contributed by atoms with Gasteiger partial charge < -0.3 is 10.2 Å². The second-order valence-corrected chi connectivity index (χ2v) is 11.4. The number of halogens is 1. The summed E-state index contributed by atoms with van der Waals surface area (Å²) in [6, 6.07) is 10.3. The first-order valence-corrected chi connectivity index (χ1v) is 12.1. The van der Waals surface area contributed by atoms with Crippen LogP contribution in [0.15, 0.2) is 52.3 Å². The Morgan fingerprint density at radius 2 is 1.87 bits per heavy atom. The van der Waals surface area contributed by atoms with E-state index in [0.29, 0.717) is 0 Å². The minimum Gasteiger partial charge on any atom is -0.393 e. The lowest BCUT2D eigenvalue weighted by atomic mass is 10.1. The van der Waals surface area contributed by atoms with E-state index in [1.165, 1.54) is 30.3 Å². The average molecular weight is 482 g/mol. The highest BCUT2D eigenvalue weighted by Crippen LogP contribution is 2.36. The van der Waals surface area contributed by atoms with Crippen molar-refractivity contribution >= 4 is 37.1 Å². The molecule has 2 atom stereocenters. The number of benzene rings is 2. The first-order chi connectivity index (χ1) is 14.5. The van der Waals surface area contributed by atoms with Crippen LogP contribution >= 0.6 is 11.6 Å². The second kappa shape index (κ2) is 8.20. The number of sulfonamides is 1. The van der Waals surface area contributed by atoms with Gasteiger partial charge in [-0.1, -0.05) is 35.9 Å². The number of hydrogen-bond acceptors (Lipinski definition) is 7. The Bertz CT molecular complexity index is 1310. The van der Waals surface area contributed by atoms with Crippen molar-refractivity contribution in [3.05, 3.63) is 64.5 Å². The number of aliphatic hydroxyl groups excluding tert-OH is 1. The van der Waals surface area contributed by atoms with E-state index in [9.17, 15) is 27.0 Å². The van der Waals surface area contributed by atoms with Gasteiger partial charge in [0.05, 0.1) is 34.7 Å². The van der Waals surface area contributed by atoms with Crippen LogP contribution in [0.5, 0.6) is 0 Å². The van der Waals surface area contributed by atoms with E-state index in [0.717, 1.165) is 16.4 Å². The Kier molecular flexibility index (Phi) is 6.13. The summed E-state index contributed by atoms with van der Waals surface area (Å²) in [5.74, 6) is 0. The van der Waals surface area contributed by atoms with Gasteiger partial charge in [0.2, 0.25) is 10.0 Å². The van der Waals surface area contributed by atoms with Crippen molar-refractivity contribution in [3.8, 4) is 6.07 Å². The third-order valence-electron chi connectivity index (χ3n) is 5.04. The van der Waals surface area contributed by atoms with Gasteiger partial charge in [0.25, 0.3) is 0 Å². The molecule has 3 rings (SSSR count). The summed E-state index contributed by atoms with van der Waals surface area (Å²) < 4.78 is 53.2. The molecular weight excluding hydrogens is 466 g/mol. The van der Waals surface area contributed by atoms with Gasteiger partial charge in [-0.3, -0.25) is 0 Å². The van der Waals surface area contributed by atoms with E-state index in [2.05, 4.69) is 4.85 Å². The van der Waals surface area contributed by atoms with E-state index in [1.54, 1.807) is 0 Å². The number of nitriles is 1. The van der Waals surface area contributed by atoms with Crippen LogP contribution < -0.4 is 0 Å². The molecule has 31 heavy (non-hydrogen) atoms. The maximum absolute atomic E-state index is 13.1. The van der Waals surface area contributed by atoms with Crippen molar-refractivity contribution in [2.24, 2.45) is 0 Å². The van der Waals surface area contributed by atoms with Crippen molar-refractivity contribution in [1.29, 1.82) is 5.26 Å². The van der Waals surface area contributed by atoms with E-state index >= 15 is 0 Å². The molecular formula is C19H16ClN3O6S2. The summed E-state index contributed by atoms with van der Waals surface area (Å²) in [5, 5.41) is 27.6. The highest BCUT2D eigenvalue weighted by molar-refractivity contribution is 7.92. The maximum Gasteiger partial charge on any atom is 0.244 e. The molecule has 0 aliphatic carbocycles. The van der Waals surface area contributed by atoms with Crippen LogP contribution in [0.3, 0.4) is 0 Å². The third-order valence-corrected chi connectivity index (χ3v) is 9.60. The molecule has 0 spiro atoms. The van der Waals surface area contributed by atoms with Crippen molar-refractivity contribution < 1.29 is 27.0 Å². The number of hydrogen-bond donors (Lipinski definition) is 2. The van der Waals surface area contributed by atoms with Crippen molar-refractivity contribution in [3.63, 3.8) is 0 Å². The molecule has 2 N–H and O–H groups in total. The summed E-state index contributed by atoms with van der Waals surface area (Å²) >= 11 is 6.02. The predicted molar refractivity (Wildman–Crippen MR) is 111 cm³/mol. The van der Waals surface area contributed by atoms with Crippen LogP contribution in [0.25, 0.3) is 4.85 Å². The minimum atomic E-state index is -4.34. The normalized spacial score (nSPS) is 22.0. The number of aliphatic hydroxyl groups is 2. The fraction of sp³-hybridized carbons (Fsp3) is 0.263. The Morgan fingerprint density at radius 3 is 2.39 bits per heavy atom. The number of nitrogens with zero attached hydrogens (tertiary/aromatic N) is 3. The quantitative estimate of drug-likeness (QED) is 0.614. The lowest BCUT2D eigenvalue weighted by molar-refractivity contribution is 0.00160. The Morgan fingerprint density at radius 1 is 1.23 bits per heavy atom. The van der Waals surface area contributed by atoms with E-state index in [1.807, 2.05) is 6.07 Å². The lowest BCUT2D eigenvalue weighted by Crippen LogP contribution is -2.49. The highest BCUT2D eigenvalue weighted by atomic mass is 35.5. The zero-order valence-electron chi connectivity index (χ0n) is 15.8. The first kappa shape index (κ1) is 23.2. The average Bonchev–Trinajstić information content (AvgIpc) is 3.13. The third kappa shape index (κ3) is 4.04. The van der Waals surface area contributed by atoms with Gasteiger partial charge in [-0.25, -0.2) is 21.7 Å². The van der Waals surface area contributed by atoms with Gasteiger partial charge in [0, 0.05) is 13.1 Å². The van der Waals surface area contributed by atoms with Crippen LogP contribution in [0.1, 0.15) is 5.56 Å². The summed E-state index contributed by atoms with van der Waals surface area (Å²) in [4.78, 5) is 2.61. The van der Waals surface area contributed by atoms with E-state index < -0.39 is 50.4 Å². The SMILES string of the molecule is [C-]#[N+]c1ccc(S(=O)(=O)[C@H]2CN(S(=O)(=O)c3ccc(C#N)cc3Cl)C[C@@]2(O)CO)cc1. The Hall–Kier alpha value is -2.51. The summed E-state index contributed by atoms with van der Waals surface area (Å²) in [6.07, 6.45) is 0. The molecule has 1 fully saturated rings. The van der Waals surface area contributed by atoms with Gasteiger partial charge in [0.1, 0.15) is 15.7 Å². The topological polar surface area (TPSA) is 140 Å². The van der Waals surface area contributed by atoms with Crippen molar-refractivity contribution in [2.45, 2.75) is 20.6 Å². The molecule has 0 unspecified atom stereocenters. The molecule has 9 nitrogen and oxygen atoms in total. The molecule has 1 heterocycles. The molecule has 2 aromatic carbocycles. The van der Waals surface area contributed by atoms with E-state index in [-0.39, 0.29) is 26.1 Å². The summed E-state index contributed by atoms with van der Waals surface area (Å²) in [7, 11) is -8.62. The Balaban J connectivity index is 2.02. The van der Waals surface area contributed by atoms with Gasteiger partial charge in [-0.05, 0) is 18.2 Å². The number of sulfone groups is 1. The van der Waals surface area contributed by atoms with E-state index in [4.69, 9.17) is 23.4 Å². The smallest absolute Gasteiger partial charge is 0.244 e. The van der Waals surface area contributed by atoms with Gasteiger partial charge in [-0.15, -0.1) is 0 Å². The molecule has 0 aromatic heterocycles.